The van der Waals surface area contributed by atoms with Crippen molar-refractivity contribution in [2.45, 2.75) is 33.3 Å². The molecule has 0 radical (unpaired) electrons. The van der Waals surface area contributed by atoms with Gasteiger partial charge in [0, 0.05) is 5.92 Å². The Balaban J connectivity index is 2.47. The van der Waals surface area contributed by atoms with Crippen LogP contribution in [0.5, 0.6) is 0 Å². The summed E-state index contributed by atoms with van der Waals surface area (Å²) >= 11 is 0. The predicted octanol–water partition coefficient (Wildman–Crippen LogP) is 1.66. The zero-order valence-corrected chi connectivity index (χ0v) is 8.99. The van der Waals surface area contributed by atoms with E-state index in [4.69, 9.17) is 4.74 Å². The van der Waals surface area contributed by atoms with Crippen LogP contribution >= 0.6 is 0 Å². The summed E-state index contributed by atoms with van der Waals surface area (Å²) in [7, 11) is 0. The molecule has 0 amide bonds. The van der Waals surface area contributed by atoms with E-state index in [1.54, 1.807) is 0 Å². The highest BCUT2D eigenvalue weighted by molar-refractivity contribution is 4.59. The third-order valence-electron chi connectivity index (χ3n) is 2.56. The van der Waals surface area contributed by atoms with Crippen molar-refractivity contribution < 1.29 is 14.6 Å². The molecule has 0 aromatic carbocycles. The van der Waals surface area contributed by atoms with Crippen molar-refractivity contribution in [1.29, 1.82) is 0 Å². The van der Waals surface area contributed by atoms with E-state index in [0.29, 0.717) is 12.5 Å². The molecule has 0 aliphatic carbocycles. The molecule has 1 rings (SSSR count). The molecule has 0 aromatic rings. The van der Waals surface area contributed by atoms with Crippen molar-refractivity contribution >= 4 is 0 Å². The number of ether oxygens (including phenoxy) is 1. The van der Waals surface area contributed by atoms with Crippen LogP contribution < -0.4 is 0 Å². The van der Waals surface area contributed by atoms with Gasteiger partial charge in [0.25, 0.3) is 0 Å². The molecule has 1 aliphatic rings. The van der Waals surface area contributed by atoms with Gasteiger partial charge in [-0.1, -0.05) is 20.8 Å². The van der Waals surface area contributed by atoms with E-state index in [1.807, 2.05) is 0 Å². The zero-order valence-electron chi connectivity index (χ0n) is 8.99. The summed E-state index contributed by atoms with van der Waals surface area (Å²) < 4.78 is 5.73. The van der Waals surface area contributed by atoms with Crippen LogP contribution in [0.25, 0.3) is 0 Å². The molecule has 0 bridgehead atoms. The quantitative estimate of drug-likeness (QED) is 0.682. The van der Waals surface area contributed by atoms with Crippen LogP contribution in [0.3, 0.4) is 0 Å². The van der Waals surface area contributed by atoms with E-state index in [1.165, 1.54) is 0 Å². The second kappa shape index (κ2) is 4.40. The fraction of sp³-hybridized carbons (Fsp3) is 1.00. The van der Waals surface area contributed by atoms with Crippen LogP contribution in [0.1, 0.15) is 27.2 Å². The van der Waals surface area contributed by atoms with Gasteiger partial charge in [0.05, 0.1) is 6.61 Å². The lowest BCUT2D eigenvalue weighted by Crippen LogP contribution is -2.57. The van der Waals surface area contributed by atoms with Gasteiger partial charge in [-0.25, -0.2) is 5.21 Å². The van der Waals surface area contributed by atoms with Gasteiger partial charge in [-0.15, -0.1) is 0 Å². The van der Waals surface area contributed by atoms with Gasteiger partial charge in [0.15, 0.2) is 0 Å². The third kappa shape index (κ3) is 3.25. The highest BCUT2D eigenvalue weighted by atomic mass is 16.6. The molecule has 13 heavy (non-hydrogen) atoms. The molecule has 1 saturated heterocycles. The number of nitrogens with zero attached hydrogens (tertiary/aromatic N) is 1. The SMILES string of the molecule is CCC1C[N+](O)(CC(C)C)CCO1. The maximum Gasteiger partial charge on any atom is 0.135 e. The lowest BCUT2D eigenvalue weighted by Gasteiger charge is -2.38. The van der Waals surface area contributed by atoms with Crippen molar-refractivity contribution in [3.05, 3.63) is 0 Å². The van der Waals surface area contributed by atoms with E-state index >= 15 is 0 Å². The number of rotatable bonds is 3. The van der Waals surface area contributed by atoms with Crippen molar-refractivity contribution in [2.75, 3.05) is 26.2 Å². The first kappa shape index (κ1) is 11.0. The summed E-state index contributed by atoms with van der Waals surface area (Å²) in [6.45, 7) is 9.44. The molecule has 1 heterocycles. The average molecular weight is 188 g/mol. The van der Waals surface area contributed by atoms with Gasteiger partial charge < -0.3 is 4.74 Å². The minimum Gasteiger partial charge on any atom is -0.366 e. The van der Waals surface area contributed by atoms with Crippen LogP contribution in [0.15, 0.2) is 0 Å². The smallest absolute Gasteiger partial charge is 0.135 e. The van der Waals surface area contributed by atoms with Gasteiger partial charge in [0.1, 0.15) is 25.7 Å². The second-order valence-corrected chi connectivity index (χ2v) is 4.48. The van der Waals surface area contributed by atoms with Crippen molar-refractivity contribution in [1.82, 2.24) is 0 Å². The monoisotopic (exact) mass is 188 g/mol. The normalized spacial score (nSPS) is 35.3. The number of quaternary nitrogens is 1. The Hall–Kier alpha value is -0.120. The first-order valence-electron chi connectivity index (χ1n) is 5.26. The van der Waals surface area contributed by atoms with Crippen LogP contribution in [0.4, 0.5) is 0 Å². The average Bonchev–Trinajstić information content (AvgIpc) is 2.02. The summed E-state index contributed by atoms with van der Waals surface area (Å²) in [5.74, 6) is 0.542. The second-order valence-electron chi connectivity index (χ2n) is 4.48. The minimum atomic E-state index is 0.205. The topological polar surface area (TPSA) is 29.5 Å². The van der Waals surface area contributed by atoms with Gasteiger partial charge in [-0.3, -0.25) is 0 Å². The van der Waals surface area contributed by atoms with Crippen LogP contribution in [-0.2, 0) is 4.74 Å². The Morgan fingerprint density at radius 1 is 1.54 bits per heavy atom. The van der Waals surface area contributed by atoms with Gasteiger partial charge in [0.2, 0.25) is 0 Å². The molecule has 1 aliphatic heterocycles. The fourth-order valence-corrected chi connectivity index (χ4v) is 2.00. The molecule has 2 atom stereocenters. The molecule has 2 unspecified atom stereocenters. The highest BCUT2D eigenvalue weighted by Crippen LogP contribution is 2.16. The summed E-state index contributed by atoms with van der Waals surface area (Å²) in [5, 5.41) is 10.2. The molecule has 78 valence electrons. The molecule has 3 heteroatoms. The van der Waals surface area contributed by atoms with Crippen LogP contribution in [0, 0.1) is 5.92 Å². The molecule has 1 fully saturated rings. The molecular formula is C10H22NO2+. The molecule has 0 saturated carbocycles. The molecular weight excluding hydrogens is 166 g/mol. The fourth-order valence-electron chi connectivity index (χ4n) is 2.00. The van der Waals surface area contributed by atoms with Crippen LogP contribution in [0.2, 0.25) is 0 Å². The maximum absolute atomic E-state index is 10.2. The third-order valence-corrected chi connectivity index (χ3v) is 2.56. The summed E-state index contributed by atoms with van der Waals surface area (Å²) in [4.78, 5) is 0. The Labute approximate surface area is 80.8 Å². The number of morpholine rings is 1. The first-order chi connectivity index (χ1) is 6.06. The largest absolute Gasteiger partial charge is 0.366 e. The van der Waals surface area contributed by atoms with Gasteiger partial charge >= 0.3 is 0 Å². The summed E-state index contributed by atoms with van der Waals surface area (Å²) in [6.07, 6.45) is 1.25. The van der Waals surface area contributed by atoms with Crippen molar-refractivity contribution in [3.8, 4) is 0 Å². The Kier molecular flexibility index (Phi) is 3.71. The van der Waals surface area contributed by atoms with E-state index in [0.717, 1.165) is 26.1 Å². The van der Waals surface area contributed by atoms with E-state index in [9.17, 15) is 5.21 Å². The minimum absolute atomic E-state index is 0.205. The lowest BCUT2D eigenvalue weighted by atomic mass is 10.1. The maximum atomic E-state index is 10.2. The molecule has 0 aromatic heterocycles. The first-order valence-corrected chi connectivity index (χ1v) is 5.26. The zero-order chi connectivity index (χ0) is 9.90. The lowest BCUT2D eigenvalue weighted by molar-refractivity contribution is -1.11. The van der Waals surface area contributed by atoms with E-state index in [-0.39, 0.29) is 10.8 Å². The molecule has 0 spiro atoms. The van der Waals surface area contributed by atoms with Gasteiger partial charge in [-0.2, -0.15) is 4.65 Å². The van der Waals surface area contributed by atoms with E-state index in [2.05, 4.69) is 20.8 Å². The highest BCUT2D eigenvalue weighted by Gasteiger charge is 2.34. The standard InChI is InChI=1S/C10H22NO2/c1-4-10-8-11(12,5-6-13-10)7-9(2)3/h9-10,12H,4-8H2,1-3H3/q+1. The molecule has 1 N–H and O–H groups in total. The van der Waals surface area contributed by atoms with Crippen LogP contribution in [-0.4, -0.2) is 42.2 Å². The summed E-state index contributed by atoms with van der Waals surface area (Å²) in [6, 6.07) is 0. The Bertz CT molecular complexity index is 161. The Morgan fingerprint density at radius 3 is 2.77 bits per heavy atom. The number of hydrogen-bond donors (Lipinski definition) is 1. The number of hydroxylamine groups is 3. The van der Waals surface area contributed by atoms with Crippen molar-refractivity contribution in [3.63, 3.8) is 0 Å². The van der Waals surface area contributed by atoms with E-state index < -0.39 is 0 Å². The molecule has 3 nitrogen and oxygen atoms in total. The van der Waals surface area contributed by atoms with Gasteiger partial charge in [-0.05, 0) is 6.42 Å². The Morgan fingerprint density at radius 2 is 2.23 bits per heavy atom. The summed E-state index contributed by atoms with van der Waals surface area (Å²) in [5.41, 5.74) is 0. The predicted molar refractivity (Wildman–Crippen MR) is 51.5 cm³/mol. The van der Waals surface area contributed by atoms with Crippen molar-refractivity contribution in [2.24, 2.45) is 5.92 Å². The number of hydrogen-bond acceptors (Lipinski definition) is 2.